The maximum absolute atomic E-state index is 14.1. The van der Waals surface area contributed by atoms with Gasteiger partial charge in [-0.25, -0.2) is 9.37 Å². The van der Waals surface area contributed by atoms with Crippen LogP contribution in [0.15, 0.2) is 63.4 Å². The quantitative estimate of drug-likeness (QED) is 0.395. The normalized spacial score (nSPS) is 12.9. The van der Waals surface area contributed by atoms with E-state index in [1.807, 2.05) is 30.3 Å². The highest BCUT2D eigenvalue weighted by molar-refractivity contribution is 7.99. The van der Waals surface area contributed by atoms with Crippen LogP contribution < -0.4 is 5.56 Å². The highest BCUT2D eigenvalue weighted by Gasteiger charge is 2.22. The van der Waals surface area contributed by atoms with Gasteiger partial charge in [0.2, 0.25) is 0 Å². The lowest BCUT2D eigenvalue weighted by Crippen LogP contribution is -2.26. The topological polar surface area (TPSA) is 34.9 Å². The fraction of sp³-hybridized carbons (Fsp3) is 0.238. The Morgan fingerprint density at radius 2 is 2.00 bits per heavy atom. The van der Waals surface area contributed by atoms with E-state index in [1.165, 1.54) is 17.8 Å². The van der Waals surface area contributed by atoms with Gasteiger partial charge in [-0.15, -0.1) is 11.8 Å². The summed E-state index contributed by atoms with van der Waals surface area (Å²) in [6.07, 6.45) is 1.53. The second kappa shape index (κ2) is 8.72. The maximum Gasteiger partial charge on any atom is 0.268 e. The molecule has 3 aromatic rings. The minimum absolute atomic E-state index is 0.00515. The molecule has 1 aliphatic rings. The zero-order chi connectivity index (χ0) is 19.5. The molecule has 0 bridgehead atoms. The van der Waals surface area contributed by atoms with Crippen LogP contribution in [0.25, 0.3) is 0 Å². The van der Waals surface area contributed by atoms with Crippen LogP contribution in [0.2, 0.25) is 5.02 Å². The summed E-state index contributed by atoms with van der Waals surface area (Å²) in [5.41, 5.74) is 2.46. The minimum Gasteiger partial charge on any atom is -0.286 e. The largest absolute Gasteiger partial charge is 0.286 e. The van der Waals surface area contributed by atoms with Gasteiger partial charge in [0.25, 0.3) is 5.56 Å². The lowest BCUT2D eigenvalue weighted by molar-refractivity contribution is 0.565. The van der Waals surface area contributed by atoms with Crippen molar-refractivity contribution in [3.05, 3.63) is 86.5 Å². The van der Waals surface area contributed by atoms with Crippen LogP contribution in [0.3, 0.4) is 0 Å². The first-order valence-electron chi connectivity index (χ1n) is 8.99. The number of rotatable bonds is 6. The van der Waals surface area contributed by atoms with Crippen LogP contribution in [0.5, 0.6) is 0 Å². The number of aryl methyl sites for hydroxylation is 2. The maximum atomic E-state index is 14.1. The fourth-order valence-electron chi connectivity index (χ4n) is 3.12. The molecule has 0 spiro atoms. The zero-order valence-corrected chi connectivity index (χ0v) is 17.4. The first-order valence-corrected chi connectivity index (χ1v) is 11.3. The van der Waals surface area contributed by atoms with Crippen LogP contribution in [0, 0.1) is 5.82 Å². The first-order chi connectivity index (χ1) is 13.6. The number of benzene rings is 2. The molecule has 0 N–H and O–H groups in total. The van der Waals surface area contributed by atoms with Gasteiger partial charge in [-0.1, -0.05) is 59.8 Å². The molecule has 0 radical (unpaired) electrons. The van der Waals surface area contributed by atoms with E-state index >= 15 is 0 Å². The van der Waals surface area contributed by atoms with Crippen molar-refractivity contribution in [3.63, 3.8) is 0 Å². The van der Waals surface area contributed by atoms with E-state index in [1.54, 1.807) is 28.5 Å². The molecule has 0 atom stereocenters. The standard InChI is InChI=1S/C21H18ClFN2OS2/c22-16-7-4-8-17(23)15(16)13-28-21-24-18-10-12-27-19(18)20(26)25(21)11-9-14-5-2-1-3-6-14/h1-8H,9-13H2. The third-order valence-electron chi connectivity index (χ3n) is 4.62. The SMILES string of the molecule is O=c1c2c(nc(SCc3c(F)cccc3Cl)n1CCc1ccccc1)CCS2. The molecule has 28 heavy (non-hydrogen) atoms. The highest BCUT2D eigenvalue weighted by Crippen LogP contribution is 2.31. The predicted octanol–water partition coefficient (Wildman–Crippen LogP) is 5.22. The minimum atomic E-state index is -0.338. The molecule has 0 unspecified atom stereocenters. The molecule has 2 heterocycles. The molecule has 0 fully saturated rings. The van der Waals surface area contributed by atoms with E-state index in [0.29, 0.717) is 28.0 Å². The summed E-state index contributed by atoms with van der Waals surface area (Å²) in [7, 11) is 0. The summed E-state index contributed by atoms with van der Waals surface area (Å²) in [5, 5.41) is 1.02. The highest BCUT2D eigenvalue weighted by atomic mass is 35.5. The van der Waals surface area contributed by atoms with Crippen LogP contribution in [-0.4, -0.2) is 15.3 Å². The van der Waals surface area contributed by atoms with Crippen molar-refractivity contribution in [2.45, 2.75) is 35.2 Å². The third-order valence-corrected chi connectivity index (χ3v) is 7.09. The van der Waals surface area contributed by atoms with Gasteiger partial charge in [0.05, 0.1) is 10.6 Å². The summed E-state index contributed by atoms with van der Waals surface area (Å²) in [5.74, 6) is 0.869. The smallest absolute Gasteiger partial charge is 0.268 e. The molecular formula is C21H18ClFN2OS2. The van der Waals surface area contributed by atoms with Gasteiger partial charge in [-0.2, -0.15) is 0 Å². The predicted molar refractivity (Wildman–Crippen MR) is 114 cm³/mol. The number of aromatic nitrogens is 2. The Labute approximate surface area is 176 Å². The van der Waals surface area contributed by atoms with Gasteiger partial charge < -0.3 is 0 Å². The Kier molecular flexibility index (Phi) is 6.09. The number of hydrogen-bond donors (Lipinski definition) is 0. The number of nitrogens with zero attached hydrogens (tertiary/aromatic N) is 2. The summed E-state index contributed by atoms with van der Waals surface area (Å²) < 4.78 is 15.9. The summed E-state index contributed by atoms with van der Waals surface area (Å²) >= 11 is 9.09. The molecule has 0 saturated heterocycles. The number of fused-ring (bicyclic) bond motifs is 1. The number of halogens is 2. The van der Waals surface area contributed by atoms with Crippen molar-refractivity contribution in [2.75, 3.05) is 5.75 Å². The summed E-state index contributed by atoms with van der Waals surface area (Å²) in [6, 6.07) is 14.7. The molecule has 2 aromatic carbocycles. The van der Waals surface area contributed by atoms with E-state index in [4.69, 9.17) is 16.6 Å². The average Bonchev–Trinajstić information content (AvgIpc) is 3.17. The molecule has 1 aliphatic heterocycles. The summed E-state index contributed by atoms with van der Waals surface area (Å²) in [4.78, 5) is 18.5. The first kappa shape index (κ1) is 19.6. The van der Waals surface area contributed by atoms with Crippen molar-refractivity contribution < 1.29 is 4.39 Å². The van der Waals surface area contributed by atoms with Crippen molar-refractivity contribution in [1.29, 1.82) is 0 Å². The van der Waals surface area contributed by atoms with E-state index in [2.05, 4.69) is 0 Å². The van der Waals surface area contributed by atoms with Gasteiger partial charge in [0.15, 0.2) is 5.16 Å². The van der Waals surface area contributed by atoms with Crippen LogP contribution >= 0.6 is 35.1 Å². The van der Waals surface area contributed by atoms with Gasteiger partial charge in [0, 0.05) is 35.1 Å². The van der Waals surface area contributed by atoms with E-state index in [0.717, 1.165) is 34.7 Å². The summed E-state index contributed by atoms with van der Waals surface area (Å²) in [6.45, 7) is 0.539. The zero-order valence-electron chi connectivity index (χ0n) is 15.0. The molecule has 0 aliphatic carbocycles. The van der Waals surface area contributed by atoms with Crippen molar-refractivity contribution in [2.24, 2.45) is 0 Å². The molecular weight excluding hydrogens is 415 g/mol. The van der Waals surface area contributed by atoms with Gasteiger partial charge in [-0.3, -0.25) is 9.36 Å². The van der Waals surface area contributed by atoms with Gasteiger partial charge >= 0.3 is 0 Å². The Hall–Kier alpha value is -1.76. The van der Waals surface area contributed by atoms with Crippen LogP contribution in [0.1, 0.15) is 16.8 Å². The van der Waals surface area contributed by atoms with Crippen LogP contribution in [0.4, 0.5) is 4.39 Å². The monoisotopic (exact) mass is 432 g/mol. The molecule has 0 amide bonds. The molecule has 0 saturated carbocycles. The van der Waals surface area contributed by atoms with Crippen molar-refractivity contribution >= 4 is 35.1 Å². The number of hydrogen-bond acceptors (Lipinski definition) is 4. The van der Waals surface area contributed by atoms with Crippen LogP contribution in [-0.2, 0) is 25.1 Å². The van der Waals surface area contributed by atoms with Crippen molar-refractivity contribution in [1.82, 2.24) is 9.55 Å². The van der Waals surface area contributed by atoms with E-state index in [9.17, 15) is 9.18 Å². The molecule has 7 heteroatoms. The third kappa shape index (κ3) is 4.14. The second-order valence-electron chi connectivity index (χ2n) is 6.45. The molecule has 1 aromatic heterocycles. The second-order valence-corrected chi connectivity index (χ2v) is 8.90. The van der Waals surface area contributed by atoms with Gasteiger partial charge in [-0.05, 0) is 24.1 Å². The Morgan fingerprint density at radius 3 is 2.79 bits per heavy atom. The average molecular weight is 433 g/mol. The Bertz CT molecular complexity index is 1040. The lowest BCUT2D eigenvalue weighted by atomic mass is 10.1. The Morgan fingerprint density at radius 1 is 1.18 bits per heavy atom. The molecule has 144 valence electrons. The van der Waals surface area contributed by atoms with E-state index in [-0.39, 0.29) is 11.4 Å². The lowest BCUT2D eigenvalue weighted by Gasteiger charge is -2.14. The molecule has 4 rings (SSSR count). The van der Waals surface area contributed by atoms with Crippen molar-refractivity contribution in [3.8, 4) is 0 Å². The molecule has 3 nitrogen and oxygen atoms in total. The Balaban J connectivity index is 1.63. The van der Waals surface area contributed by atoms with E-state index < -0.39 is 0 Å². The fourth-order valence-corrected chi connectivity index (χ4v) is 5.55. The number of thioether (sulfide) groups is 2. The van der Waals surface area contributed by atoms with Gasteiger partial charge in [0.1, 0.15) is 5.82 Å².